The van der Waals surface area contributed by atoms with Gasteiger partial charge in [0, 0.05) is 25.2 Å². The molecule has 136 valence electrons. The molecule has 5 heteroatoms. The second-order valence-corrected chi connectivity index (χ2v) is 6.61. The van der Waals surface area contributed by atoms with Crippen LogP contribution in [0.3, 0.4) is 0 Å². The number of nitrogens with one attached hydrogen (secondary N) is 1. The molecule has 0 unspecified atom stereocenters. The molecule has 0 atom stereocenters. The first-order valence-electron chi connectivity index (χ1n) is 9.10. The summed E-state index contributed by atoms with van der Waals surface area (Å²) < 4.78 is 0. The standard InChI is InChI=1S/C21H25N3O2/c1-3-24(19-10-6-16(2)7-11-19)22-20(25)15-17-8-12-18(13-9-17)23-14-4-5-21(23)26/h6-13H,3-5,14-15H2,1-2H3,(H,22,25). The fraction of sp³-hybridized carbons (Fsp3) is 0.333. The van der Waals surface area contributed by atoms with Gasteiger partial charge in [-0.3, -0.25) is 20.0 Å². The van der Waals surface area contributed by atoms with Gasteiger partial charge >= 0.3 is 0 Å². The maximum Gasteiger partial charge on any atom is 0.242 e. The summed E-state index contributed by atoms with van der Waals surface area (Å²) in [6, 6.07) is 15.7. The minimum atomic E-state index is -0.0579. The molecule has 1 aliphatic heterocycles. The molecule has 2 amide bonds. The number of hydrazine groups is 1. The first kappa shape index (κ1) is 18.0. The van der Waals surface area contributed by atoms with E-state index in [2.05, 4.69) is 5.43 Å². The lowest BCUT2D eigenvalue weighted by Gasteiger charge is -2.24. The van der Waals surface area contributed by atoms with Crippen LogP contribution >= 0.6 is 0 Å². The third-order valence-electron chi connectivity index (χ3n) is 4.61. The van der Waals surface area contributed by atoms with Gasteiger partial charge in [0.25, 0.3) is 0 Å². The summed E-state index contributed by atoms with van der Waals surface area (Å²) in [6.45, 7) is 5.51. The Hall–Kier alpha value is -2.82. The van der Waals surface area contributed by atoms with Crippen molar-refractivity contribution in [1.29, 1.82) is 0 Å². The van der Waals surface area contributed by atoms with Crippen LogP contribution in [0.2, 0.25) is 0 Å². The Kier molecular flexibility index (Phi) is 5.56. The van der Waals surface area contributed by atoms with E-state index < -0.39 is 0 Å². The van der Waals surface area contributed by atoms with Crippen molar-refractivity contribution >= 4 is 23.2 Å². The van der Waals surface area contributed by atoms with Crippen molar-refractivity contribution in [3.8, 4) is 0 Å². The molecular weight excluding hydrogens is 326 g/mol. The molecule has 3 rings (SSSR count). The van der Waals surface area contributed by atoms with E-state index in [1.165, 1.54) is 5.56 Å². The molecule has 5 nitrogen and oxygen atoms in total. The highest BCUT2D eigenvalue weighted by molar-refractivity contribution is 5.95. The average Bonchev–Trinajstić information content (AvgIpc) is 3.07. The zero-order chi connectivity index (χ0) is 18.5. The van der Waals surface area contributed by atoms with Crippen LogP contribution < -0.4 is 15.3 Å². The van der Waals surface area contributed by atoms with Gasteiger partial charge in [0.2, 0.25) is 11.8 Å². The van der Waals surface area contributed by atoms with Gasteiger partial charge in [0.05, 0.1) is 12.1 Å². The molecule has 2 aromatic carbocycles. The minimum Gasteiger partial charge on any atom is -0.312 e. The topological polar surface area (TPSA) is 52.7 Å². The maximum absolute atomic E-state index is 12.4. The summed E-state index contributed by atoms with van der Waals surface area (Å²) in [6.07, 6.45) is 1.83. The molecule has 0 radical (unpaired) electrons. The van der Waals surface area contributed by atoms with Crippen molar-refractivity contribution in [3.05, 3.63) is 59.7 Å². The van der Waals surface area contributed by atoms with Gasteiger partial charge in [-0.2, -0.15) is 0 Å². The number of nitrogens with zero attached hydrogens (tertiary/aromatic N) is 2. The summed E-state index contributed by atoms with van der Waals surface area (Å²) in [7, 11) is 0. The summed E-state index contributed by atoms with van der Waals surface area (Å²) in [5.74, 6) is 0.115. The van der Waals surface area contributed by atoms with Gasteiger partial charge in [0.15, 0.2) is 0 Å². The number of rotatable bonds is 6. The monoisotopic (exact) mass is 351 g/mol. The quantitative estimate of drug-likeness (QED) is 0.813. The lowest BCUT2D eigenvalue weighted by Crippen LogP contribution is -2.43. The van der Waals surface area contributed by atoms with Crippen LogP contribution in [-0.4, -0.2) is 24.9 Å². The van der Waals surface area contributed by atoms with Crippen LogP contribution in [-0.2, 0) is 16.0 Å². The summed E-state index contributed by atoms with van der Waals surface area (Å²) in [5.41, 5.74) is 6.95. The van der Waals surface area contributed by atoms with Gasteiger partial charge in [-0.1, -0.05) is 29.8 Å². The number of aryl methyl sites for hydroxylation is 1. The lowest BCUT2D eigenvalue weighted by molar-refractivity contribution is -0.120. The Balaban J connectivity index is 1.60. The van der Waals surface area contributed by atoms with Crippen molar-refractivity contribution < 1.29 is 9.59 Å². The smallest absolute Gasteiger partial charge is 0.242 e. The number of hydrogen-bond acceptors (Lipinski definition) is 3. The molecule has 2 aromatic rings. The molecule has 1 N–H and O–H groups in total. The number of carbonyl (C=O) groups is 2. The molecule has 1 fully saturated rings. The van der Waals surface area contributed by atoms with Crippen LogP contribution in [0.15, 0.2) is 48.5 Å². The maximum atomic E-state index is 12.4. The number of carbonyl (C=O) groups excluding carboxylic acids is 2. The van der Waals surface area contributed by atoms with Crippen molar-refractivity contribution in [2.75, 3.05) is 23.0 Å². The fourth-order valence-electron chi connectivity index (χ4n) is 3.14. The van der Waals surface area contributed by atoms with Crippen LogP contribution in [0.1, 0.15) is 30.9 Å². The summed E-state index contributed by atoms with van der Waals surface area (Å²) >= 11 is 0. The zero-order valence-electron chi connectivity index (χ0n) is 15.4. The number of hydrogen-bond donors (Lipinski definition) is 1. The normalized spacial score (nSPS) is 13.8. The highest BCUT2D eigenvalue weighted by Crippen LogP contribution is 2.21. The van der Waals surface area contributed by atoms with Crippen molar-refractivity contribution in [3.63, 3.8) is 0 Å². The van der Waals surface area contributed by atoms with E-state index in [1.54, 1.807) is 4.90 Å². The Bertz CT molecular complexity index is 769. The van der Waals surface area contributed by atoms with Gasteiger partial charge < -0.3 is 4.90 Å². The molecular formula is C21H25N3O2. The van der Waals surface area contributed by atoms with Gasteiger partial charge in [0.1, 0.15) is 0 Å². The number of amides is 2. The molecule has 1 aliphatic rings. The molecule has 0 aliphatic carbocycles. The second kappa shape index (κ2) is 8.04. The first-order chi connectivity index (χ1) is 12.6. The van der Waals surface area contributed by atoms with E-state index in [1.807, 2.05) is 67.4 Å². The second-order valence-electron chi connectivity index (χ2n) is 6.61. The zero-order valence-corrected chi connectivity index (χ0v) is 15.4. The largest absolute Gasteiger partial charge is 0.312 e. The molecule has 0 bridgehead atoms. The number of benzene rings is 2. The van der Waals surface area contributed by atoms with Crippen LogP contribution in [0.4, 0.5) is 11.4 Å². The molecule has 26 heavy (non-hydrogen) atoms. The van der Waals surface area contributed by atoms with E-state index in [0.29, 0.717) is 19.4 Å². The third-order valence-corrected chi connectivity index (χ3v) is 4.61. The van der Waals surface area contributed by atoms with Crippen LogP contribution in [0.25, 0.3) is 0 Å². The first-order valence-corrected chi connectivity index (χ1v) is 9.10. The van der Waals surface area contributed by atoms with E-state index in [0.717, 1.165) is 29.9 Å². The molecule has 1 heterocycles. The molecule has 0 aromatic heterocycles. The SMILES string of the molecule is CCN(NC(=O)Cc1ccc(N2CCCC2=O)cc1)c1ccc(C)cc1. The highest BCUT2D eigenvalue weighted by Gasteiger charge is 2.21. The Labute approximate surface area is 154 Å². The third kappa shape index (κ3) is 4.23. The summed E-state index contributed by atoms with van der Waals surface area (Å²) in [5, 5.41) is 1.85. The van der Waals surface area contributed by atoms with Gasteiger partial charge in [-0.05, 0) is 50.1 Å². The van der Waals surface area contributed by atoms with E-state index in [9.17, 15) is 9.59 Å². The number of anilines is 2. The Morgan fingerprint density at radius 3 is 2.38 bits per heavy atom. The van der Waals surface area contributed by atoms with Crippen molar-refractivity contribution in [2.24, 2.45) is 0 Å². The predicted octanol–water partition coefficient (Wildman–Crippen LogP) is 3.22. The van der Waals surface area contributed by atoms with Crippen molar-refractivity contribution in [1.82, 2.24) is 5.43 Å². The van der Waals surface area contributed by atoms with E-state index in [-0.39, 0.29) is 11.8 Å². The fourth-order valence-corrected chi connectivity index (χ4v) is 3.14. The Morgan fingerprint density at radius 1 is 1.12 bits per heavy atom. The Morgan fingerprint density at radius 2 is 1.81 bits per heavy atom. The molecule has 0 spiro atoms. The highest BCUT2D eigenvalue weighted by atomic mass is 16.2. The molecule has 1 saturated heterocycles. The van der Waals surface area contributed by atoms with Crippen LogP contribution in [0, 0.1) is 6.92 Å². The van der Waals surface area contributed by atoms with E-state index >= 15 is 0 Å². The lowest BCUT2D eigenvalue weighted by atomic mass is 10.1. The predicted molar refractivity (Wildman–Crippen MR) is 104 cm³/mol. The van der Waals surface area contributed by atoms with Gasteiger partial charge in [-0.25, -0.2) is 0 Å². The average molecular weight is 351 g/mol. The van der Waals surface area contributed by atoms with Crippen molar-refractivity contribution in [2.45, 2.75) is 33.1 Å². The van der Waals surface area contributed by atoms with E-state index in [4.69, 9.17) is 0 Å². The van der Waals surface area contributed by atoms with Gasteiger partial charge in [-0.15, -0.1) is 0 Å². The molecule has 0 saturated carbocycles. The van der Waals surface area contributed by atoms with Crippen LogP contribution in [0.5, 0.6) is 0 Å². The summed E-state index contributed by atoms with van der Waals surface area (Å²) in [4.78, 5) is 26.0. The minimum absolute atomic E-state index is 0.0579.